The monoisotopic (exact) mass is 321 g/mol. The number of nitrogens with zero attached hydrogens (tertiary/aromatic N) is 2. The van der Waals surface area contributed by atoms with Gasteiger partial charge in [0.15, 0.2) is 5.17 Å². The minimum atomic E-state index is 0. The first-order valence-electron chi connectivity index (χ1n) is 5.35. The van der Waals surface area contributed by atoms with Gasteiger partial charge in [-0.2, -0.15) is 5.10 Å². The summed E-state index contributed by atoms with van der Waals surface area (Å²) in [5, 5.41) is 11.1. The predicted molar refractivity (Wildman–Crippen MR) is 84.9 cm³/mol. The average molecular weight is 322 g/mol. The number of fused-ring (bicyclic) bond motifs is 1. The maximum absolute atomic E-state index is 5.57. The molecule has 3 rings (SSSR count). The van der Waals surface area contributed by atoms with E-state index in [9.17, 15) is 0 Å². The zero-order valence-corrected chi connectivity index (χ0v) is 12.1. The van der Waals surface area contributed by atoms with E-state index in [0.717, 1.165) is 17.0 Å². The minimum absolute atomic E-state index is 0. The normalized spacial score (nSPS) is 14.7. The summed E-state index contributed by atoms with van der Waals surface area (Å²) in [7, 11) is 0. The van der Waals surface area contributed by atoms with Crippen LogP contribution in [0, 0.1) is 0 Å². The van der Waals surface area contributed by atoms with E-state index in [-0.39, 0.29) is 17.0 Å². The lowest BCUT2D eigenvalue weighted by molar-refractivity contribution is 1.22. The summed E-state index contributed by atoms with van der Waals surface area (Å²) in [5.74, 6) is 0.785. The van der Waals surface area contributed by atoms with E-state index in [0.29, 0.717) is 5.17 Å². The van der Waals surface area contributed by atoms with Crippen LogP contribution in [-0.4, -0.2) is 16.6 Å². The van der Waals surface area contributed by atoms with Crippen molar-refractivity contribution in [2.24, 2.45) is 15.9 Å². The molecule has 0 radical (unpaired) electrons. The molecule has 18 heavy (non-hydrogen) atoms. The van der Waals surface area contributed by atoms with Gasteiger partial charge in [-0.3, -0.25) is 0 Å². The maximum Gasteiger partial charge on any atom is 0.180 e. The van der Waals surface area contributed by atoms with Crippen molar-refractivity contribution in [2.45, 2.75) is 0 Å². The molecule has 1 heterocycles. The molecule has 0 atom stereocenters. The summed E-state index contributed by atoms with van der Waals surface area (Å²) in [6.07, 6.45) is 0. The quantitative estimate of drug-likeness (QED) is 0.877. The number of amidine groups is 1. The number of halogens is 1. The molecule has 0 unspecified atom stereocenters. The molecule has 0 aromatic heterocycles. The van der Waals surface area contributed by atoms with Gasteiger partial charge in [0.2, 0.25) is 0 Å². The lowest BCUT2D eigenvalue weighted by Gasteiger charge is -2.09. The highest BCUT2D eigenvalue weighted by Gasteiger charge is 2.10. The van der Waals surface area contributed by atoms with Gasteiger partial charge >= 0.3 is 0 Å². The first-order valence-corrected chi connectivity index (χ1v) is 6.33. The molecular formula is C13H12BrN3S. The molecule has 2 aromatic carbocycles. The topological polar surface area (TPSA) is 50.7 Å². The highest BCUT2D eigenvalue weighted by Crippen LogP contribution is 2.19. The fraction of sp³-hybridized carbons (Fsp3) is 0.0769. The van der Waals surface area contributed by atoms with Gasteiger partial charge in [-0.05, 0) is 22.4 Å². The highest BCUT2D eigenvalue weighted by atomic mass is 79.9. The van der Waals surface area contributed by atoms with Crippen LogP contribution >= 0.6 is 28.7 Å². The summed E-state index contributed by atoms with van der Waals surface area (Å²) in [5.41, 5.74) is 7.67. The van der Waals surface area contributed by atoms with E-state index in [2.05, 4.69) is 40.5 Å². The molecule has 0 bridgehead atoms. The Morgan fingerprint density at radius 3 is 2.50 bits per heavy atom. The molecular weight excluding hydrogens is 310 g/mol. The second-order valence-electron chi connectivity index (χ2n) is 3.84. The van der Waals surface area contributed by atoms with Crippen molar-refractivity contribution in [3.8, 4) is 0 Å². The SMILES string of the molecule is Br.NC1=NN=C(c2ccc3ccccc3c2)CS1. The third-order valence-corrected chi connectivity index (χ3v) is 3.50. The summed E-state index contributed by atoms with van der Waals surface area (Å²) in [6.45, 7) is 0. The Morgan fingerprint density at radius 1 is 1.00 bits per heavy atom. The number of benzene rings is 2. The largest absolute Gasteiger partial charge is 0.377 e. The number of nitrogens with two attached hydrogens (primary N) is 1. The Balaban J connectivity index is 0.00000120. The highest BCUT2D eigenvalue weighted by molar-refractivity contribution is 8.93. The van der Waals surface area contributed by atoms with Gasteiger partial charge in [0.05, 0.1) is 5.71 Å². The van der Waals surface area contributed by atoms with Gasteiger partial charge in [0.1, 0.15) is 0 Å². The van der Waals surface area contributed by atoms with Crippen molar-refractivity contribution >= 4 is 50.4 Å². The Hall–Kier alpha value is -1.33. The second kappa shape index (κ2) is 5.54. The number of hydrogen-bond acceptors (Lipinski definition) is 4. The van der Waals surface area contributed by atoms with E-state index >= 15 is 0 Å². The van der Waals surface area contributed by atoms with Gasteiger partial charge in [-0.25, -0.2) is 0 Å². The zero-order chi connectivity index (χ0) is 11.7. The summed E-state index contributed by atoms with van der Waals surface area (Å²) < 4.78 is 0. The second-order valence-corrected chi connectivity index (χ2v) is 4.83. The summed E-state index contributed by atoms with van der Waals surface area (Å²) in [6, 6.07) is 14.6. The Morgan fingerprint density at radius 2 is 1.78 bits per heavy atom. The molecule has 5 heteroatoms. The molecule has 0 saturated heterocycles. The average Bonchev–Trinajstić information content (AvgIpc) is 2.39. The Labute approximate surface area is 120 Å². The van der Waals surface area contributed by atoms with Crippen molar-refractivity contribution in [3.05, 3.63) is 48.0 Å². The van der Waals surface area contributed by atoms with Gasteiger partial charge < -0.3 is 5.73 Å². The van der Waals surface area contributed by atoms with E-state index < -0.39 is 0 Å². The third kappa shape index (κ3) is 2.57. The van der Waals surface area contributed by atoms with Gasteiger partial charge in [0.25, 0.3) is 0 Å². The lowest BCUT2D eigenvalue weighted by Crippen LogP contribution is -2.16. The molecule has 2 N–H and O–H groups in total. The van der Waals surface area contributed by atoms with Crippen molar-refractivity contribution in [1.82, 2.24) is 0 Å². The third-order valence-electron chi connectivity index (χ3n) is 2.71. The van der Waals surface area contributed by atoms with Crippen LogP contribution < -0.4 is 5.73 Å². The number of thioether (sulfide) groups is 1. The number of hydrogen-bond donors (Lipinski definition) is 1. The van der Waals surface area contributed by atoms with Crippen LogP contribution in [0.5, 0.6) is 0 Å². The first-order chi connectivity index (χ1) is 8.33. The summed E-state index contributed by atoms with van der Waals surface area (Å²) in [4.78, 5) is 0. The number of rotatable bonds is 1. The van der Waals surface area contributed by atoms with Gasteiger partial charge in [-0.1, -0.05) is 48.2 Å². The summed E-state index contributed by atoms with van der Waals surface area (Å²) >= 11 is 1.52. The van der Waals surface area contributed by atoms with Crippen molar-refractivity contribution in [1.29, 1.82) is 0 Å². The van der Waals surface area contributed by atoms with Crippen LogP contribution in [0.2, 0.25) is 0 Å². The molecule has 1 aliphatic heterocycles. The van der Waals surface area contributed by atoms with Crippen LogP contribution in [0.25, 0.3) is 10.8 Å². The van der Waals surface area contributed by atoms with Gasteiger partial charge in [-0.15, -0.1) is 22.1 Å². The van der Waals surface area contributed by atoms with Crippen molar-refractivity contribution < 1.29 is 0 Å². The fourth-order valence-corrected chi connectivity index (χ4v) is 2.43. The molecule has 1 aliphatic rings. The Bertz CT molecular complexity index is 637. The predicted octanol–water partition coefficient (Wildman–Crippen LogP) is 3.18. The molecule has 0 amide bonds. The molecule has 2 aromatic rings. The van der Waals surface area contributed by atoms with E-state index in [1.807, 2.05) is 12.1 Å². The van der Waals surface area contributed by atoms with Crippen LogP contribution in [0.3, 0.4) is 0 Å². The smallest absolute Gasteiger partial charge is 0.180 e. The lowest BCUT2D eigenvalue weighted by atomic mass is 10.0. The zero-order valence-electron chi connectivity index (χ0n) is 9.54. The van der Waals surface area contributed by atoms with Crippen LogP contribution in [-0.2, 0) is 0 Å². The Kier molecular flexibility index (Phi) is 4.04. The molecule has 0 spiro atoms. The van der Waals surface area contributed by atoms with E-state index in [4.69, 9.17) is 5.73 Å². The van der Waals surface area contributed by atoms with E-state index in [1.165, 1.54) is 22.5 Å². The molecule has 92 valence electrons. The van der Waals surface area contributed by atoms with Crippen molar-refractivity contribution in [2.75, 3.05) is 5.75 Å². The van der Waals surface area contributed by atoms with E-state index in [1.54, 1.807) is 0 Å². The molecule has 0 fully saturated rings. The van der Waals surface area contributed by atoms with Crippen LogP contribution in [0.15, 0.2) is 52.7 Å². The first kappa shape index (κ1) is 13.1. The van der Waals surface area contributed by atoms with Gasteiger partial charge in [0, 0.05) is 5.75 Å². The van der Waals surface area contributed by atoms with Crippen molar-refractivity contribution in [3.63, 3.8) is 0 Å². The molecule has 0 saturated carbocycles. The fourth-order valence-electron chi connectivity index (χ4n) is 1.82. The van der Waals surface area contributed by atoms with Crippen LogP contribution in [0.4, 0.5) is 0 Å². The van der Waals surface area contributed by atoms with Crippen LogP contribution in [0.1, 0.15) is 5.56 Å². The molecule has 0 aliphatic carbocycles. The minimum Gasteiger partial charge on any atom is -0.377 e. The maximum atomic E-state index is 5.57. The molecule has 3 nitrogen and oxygen atoms in total. The standard InChI is InChI=1S/C13H11N3S.BrH/c14-13-16-15-12(8-17-13)11-6-5-9-3-1-2-4-10(9)7-11;/h1-7H,8H2,(H2,14,16);1H.